The van der Waals surface area contributed by atoms with E-state index >= 15 is 0 Å². The molecule has 0 aromatic heterocycles. The number of nitrogens with one attached hydrogen (secondary N) is 2. The fourth-order valence-electron chi connectivity index (χ4n) is 5.42. The fourth-order valence-corrected chi connectivity index (χ4v) is 6.04. The molecule has 0 aromatic carbocycles. The van der Waals surface area contributed by atoms with Crippen molar-refractivity contribution < 1.29 is 13.2 Å². The summed E-state index contributed by atoms with van der Waals surface area (Å²) in [6, 6.07) is 0. The molecule has 0 saturated heterocycles. The number of carbonyl (C=O) groups excluding carboxylic acids is 1. The first-order chi connectivity index (χ1) is 10.4. The van der Waals surface area contributed by atoms with Crippen LogP contribution >= 0.6 is 0 Å². The molecule has 4 aliphatic carbocycles. The highest BCUT2D eigenvalue weighted by Gasteiger charge is 2.51. The smallest absolute Gasteiger partial charge is 0.220 e. The Kier molecular flexibility index (Phi) is 4.52. The van der Waals surface area contributed by atoms with Gasteiger partial charge in [0.25, 0.3) is 0 Å². The third kappa shape index (κ3) is 3.65. The van der Waals surface area contributed by atoms with Gasteiger partial charge in [0.05, 0.1) is 5.75 Å². The molecule has 0 spiro atoms. The molecule has 6 heteroatoms. The van der Waals surface area contributed by atoms with Gasteiger partial charge in [-0.25, -0.2) is 13.1 Å². The van der Waals surface area contributed by atoms with Crippen molar-refractivity contribution in [1.82, 2.24) is 10.0 Å². The van der Waals surface area contributed by atoms with Gasteiger partial charge in [0, 0.05) is 19.5 Å². The summed E-state index contributed by atoms with van der Waals surface area (Å²) in [7, 11) is -3.16. The van der Waals surface area contributed by atoms with Crippen molar-refractivity contribution in [1.29, 1.82) is 0 Å². The van der Waals surface area contributed by atoms with Crippen molar-refractivity contribution in [3.63, 3.8) is 0 Å². The minimum atomic E-state index is -3.16. The maximum absolute atomic E-state index is 12.2. The highest BCUT2D eigenvalue weighted by molar-refractivity contribution is 7.89. The maximum atomic E-state index is 12.2. The molecule has 1 amide bonds. The SMILES string of the molecule is CCS(=O)(=O)NCCNC(=O)CC12CC3CC(CC(C3)C1)C2. The van der Waals surface area contributed by atoms with E-state index in [0.29, 0.717) is 13.0 Å². The molecule has 0 aliphatic heterocycles. The molecule has 0 atom stereocenters. The van der Waals surface area contributed by atoms with E-state index in [4.69, 9.17) is 0 Å². The largest absolute Gasteiger partial charge is 0.355 e. The van der Waals surface area contributed by atoms with E-state index in [1.54, 1.807) is 6.92 Å². The summed E-state index contributed by atoms with van der Waals surface area (Å²) in [6.07, 6.45) is 8.49. The number of sulfonamides is 1. The van der Waals surface area contributed by atoms with Crippen LogP contribution in [-0.2, 0) is 14.8 Å². The topological polar surface area (TPSA) is 75.3 Å². The van der Waals surface area contributed by atoms with Crippen LogP contribution in [0.5, 0.6) is 0 Å². The minimum Gasteiger partial charge on any atom is -0.355 e. The highest BCUT2D eigenvalue weighted by Crippen LogP contribution is 2.61. The van der Waals surface area contributed by atoms with E-state index in [1.165, 1.54) is 38.5 Å². The van der Waals surface area contributed by atoms with E-state index in [2.05, 4.69) is 10.0 Å². The van der Waals surface area contributed by atoms with Crippen LogP contribution < -0.4 is 10.0 Å². The van der Waals surface area contributed by atoms with Crippen molar-refractivity contribution in [3.05, 3.63) is 0 Å². The van der Waals surface area contributed by atoms with E-state index in [-0.39, 0.29) is 23.6 Å². The fraction of sp³-hybridized carbons (Fsp3) is 0.938. The van der Waals surface area contributed by atoms with Crippen molar-refractivity contribution in [2.45, 2.75) is 51.9 Å². The van der Waals surface area contributed by atoms with Gasteiger partial charge >= 0.3 is 0 Å². The Morgan fingerprint density at radius 1 is 1.05 bits per heavy atom. The first kappa shape index (κ1) is 16.2. The first-order valence-corrected chi connectivity index (χ1v) is 10.3. The van der Waals surface area contributed by atoms with Crippen LogP contribution in [0.4, 0.5) is 0 Å². The molecule has 0 heterocycles. The lowest BCUT2D eigenvalue weighted by Gasteiger charge is -2.56. The summed E-state index contributed by atoms with van der Waals surface area (Å²) in [5.41, 5.74) is 0.252. The van der Waals surface area contributed by atoms with Crippen molar-refractivity contribution in [2.24, 2.45) is 23.2 Å². The quantitative estimate of drug-likeness (QED) is 0.698. The second-order valence-electron chi connectivity index (χ2n) is 7.74. The summed E-state index contributed by atoms with van der Waals surface area (Å²) in [4.78, 5) is 12.2. The van der Waals surface area contributed by atoms with Crippen LogP contribution in [0.15, 0.2) is 0 Å². The van der Waals surface area contributed by atoms with E-state index < -0.39 is 10.0 Å². The average molecular weight is 328 g/mol. The molecular weight excluding hydrogens is 300 g/mol. The number of carbonyl (C=O) groups is 1. The second-order valence-corrected chi connectivity index (χ2v) is 9.84. The van der Waals surface area contributed by atoms with Crippen LogP contribution in [-0.4, -0.2) is 33.2 Å². The average Bonchev–Trinajstić information content (AvgIpc) is 2.41. The maximum Gasteiger partial charge on any atom is 0.220 e. The summed E-state index contributed by atoms with van der Waals surface area (Å²) >= 11 is 0. The zero-order valence-corrected chi connectivity index (χ0v) is 14.3. The van der Waals surface area contributed by atoms with Crippen LogP contribution in [0.3, 0.4) is 0 Å². The lowest BCUT2D eigenvalue weighted by molar-refractivity contribution is -0.129. The van der Waals surface area contributed by atoms with Gasteiger partial charge in [-0.2, -0.15) is 0 Å². The minimum absolute atomic E-state index is 0.0776. The predicted octanol–water partition coefficient (Wildman–Crippen LogP) is 1.65. The Labute approximate surface area is 133 Å². The van der Waals surface area contributed by atoms with E-state index in [1.807, 2.05) is 0 Å². The Morgan fingerprint density at radius 3 is 2.09 bits per heavy atom. The molecule has 4 rings (SSSR count). The van der Waals surface area contributed by atoms with E-state index in [0.717, 1.165) is 17.8 Å². The Bertz CT molecular complexity index is 494. The van der Waals surface area contributed by atoms with Crippen LogP contribution in [0.1, 0.15) is 51.9 Å². The zero-order chi connectivity index (χ0) is 15.8. The molecule has 4 saturated carbocycles. The van der Waals surface area contributed by atoms with Gasteiger partial charge in [0.1, 0.15) is 0 Å². The van der Waals surface area contributed by atoms with Crippen molar-refractivity contribution >= 4 is 15.9 Å². The van der Waals surface area contributed by atoms with Crippen LogP contribution in [0.25, 0.3) is 0 Å². The number of hydrogen-bond acceptors (Lipinski definition) is 3. The third-order valence-electron chi connectivity index (χ3n) is 5.85. The number of rotatable bonds is 7. The van der Waals surface area contributed by atoms with Gasteiger partial charge in [-0.1, -0.05) is 0 Å². The van der Waals surface area contributed by atoms with Gasteiger partial charge in [0.2, 0.25) is 15.9 Å². The molecule has 4 bridgehead atoms. The Balaban J connectivity index is 1.44. The zero-order valence-electron chi connectivity index (χ0n) is 13.4. The molecule has 2 N–H and O–H groups in total. The van der Waals surface area contributed by atoms with E-state index in [9.17, 15) is 13.2 Å². The molecule has 22 heavy (non-hydrogen) atoms. The molecule has 4 aliphatic rings. The van der Waals surface area contributed by atoms with Crippen LogP contribution in [0.2, 0.25) is 0 Å². The molecule has 4 fully saturated rings. The van der Waals surface area contributed by atoms with Crippen molar-refractivity contribution in [3.8, 4) is 0 Å². The first-order valence-electron chi connectivity index (χ1n) is 8.64. The number of hydrogen-bond donors (Lipinski definition) is 2. The standard InChI is InChI=1S/C16H28N2O3S/c1-2-22(20,21)18-4-3-17-15(19)11-16-8-12-5-13(9-16)7-14(6-12)10-16/h12-14,18H,2-11H2,1H3,(H,17,19). The Morgan fingerprint density at radius 2 is 1.59 bits per heavy atom. The third-order valence-corrected chi connectivity index (χ3v) is 7.25. The van der Waals surface area contributed by atoms with Gasteiger partial charge in [0.15, 0.2) is 0 Å². The predicted molar refractivity (Wildman–Crippen MR) is 85.7 cm³/mol. The lowest BCUT2D eigenvalue weighted by atomic mass is 9.49. The van der Waals surface area contributed by atoms with Crippen molar-refractivity contribution in [2.75, 3.05) is 18.8 Å². The lowest BCUT2D eigenvalue weighted by Crippen LogP contribution is -2.48. The summed E-state index contributed by atoms with van der Waals surface area (Å²) in [5.74, 6) is 2.74. The molecule has 0 aromatic rings. The monoisotopic (exact) mass is 328 g/mol. The molecular formula is C16H28N2O3S. The van der Waals surface area contributed by atoms with Crippen LogP contribution in [0, 0.1) is 23.2 Å². The molecule has 0 unspecified atom stereocenters. The number of amides is 1. The summed E-state index contributed by atoms with van der Waals surface area (Å²) in [5, 5.41) is 2.89. The molecule has 126 valence electrons. The van der Waals surface area contributed by atoms with Gasteiger partial charge < -0.3 is 5.32 Å². The molecule has 0 radical (unpaired) electrons. The highest BCUT2D eigenvalue weighted by atomic mass is 32.2. The van der Waals surface area contributed by atoms with Gasteiger partial charge in [-0.3, -0.25) is 4.79 Å². The van der Waals surface area contributed by atoms with Gasteiger partial charge in [-0.05, 0) is 68.6 Å². The summed E-state index contributed by atoms with van der Waals surface area (Å²) in [6.45, 7) is 2.27. The van der Waals surface area contributed by atoms with Gasteiger partial charge in [-0.15, -0.1) is 0 Å². The normalized spacial score (nSPS) is 36.5. The summed E-state index contributed by atoms with van der Waals surface area (Å²) < 4.78 is 25.1. The Hall–Kier alpha value is -0.620. The second kappa shape index (κ2) is 6.11. The molecule has 5 nitrogen and oxygen atoms in total.